The lowest BCUT2D eigenvalue weighted by Gasteiger charge is -2.31. The molecule has 19 heavy (non-hydrogen) atoms. The lowest BCUT2D eigenvalue weighted by Crippen LogP contribution is -2.49. The fourth-order valence-corrected chi connectivity index (χ4v) is 3.89. The molecule has 1 unspecified atom stereocenters. The zero-order chi connectivity index (χ0) is 14.3. The van der Waals surface area contributed by atoms with Crippen LogP contribution in [0.1, 0.15) is 45.0 Å². The van der Waals surface area contributed by atoms with Crippen LogP contribution in [0.3, 0.4) is 0 Å². The van der Waals surface area contributed by atoms with Gasteiger partial charge >= 0.3 is 0 Å². The topological polar surface area (TPSA) is 58.0 Å². The largest absolute Gasteiger partial charge is 0.394 e. The Kier molecular flexibility index (Phi) is 7.28. The quantitative estimate of drug-likeness (QED) is 0.543. The van der Waals surface area contributed by atoms with Gasteiger partial charge in [-0.1, -0.05) is 43.4 Å². The monoisotopic (exact) mass is 303 g/mol. The highest BCUT2D eigenvalue weighted by Crippen LogP contribution is 2.24. The van der Waals surface area contributed by atoms with Crippen LogP contribution in [0.4, 0.5) is 0 Å². The lowest BCUT2D eigenvalue weighted by atomic mass is 9.95. The van der Waals surface area contributed by atoms with E-state index in [1.165, 1.54) is 0 Å². The van der Waals surface area contributed by atoms with Gasteiger partial charge in [0.25, 0.3) is 0 Å². The number of thioether (sulfide) groups is 1. The molecule has 110 valence electrons. The van der Waals surface area contributed by atoms with Crippen LogP contribution >= 0.6 is 23.1 Å². The summed E-state index contributed by atoms with van der Waals surface area (Å²) in [7, 11) is 0. The molecule has 0 aliphatic rings. The van der Waals surface area contributed by atoms with Crippen molar-refractivity contribution in [3.63, 3.8) is 0 Å². The highest BCUT2D eigenvalue weighted by Gasteiger charge is 2.22. The molecule has 0 spiro atoms. The van der Waals surface area contributed by atoms with Gasteiger partial charge in [-0.25, -0.2) is 0 Å². The molecule has 0 aliphatic carbocycles. The van der Waals surface area contributed by atoms with E-state index in [1.807, 2.05) is 6.92 Å². The highest BCUT2D eigenvalue weighted by molar-refractivity contribution is 8.01. The highest BCUT2D eigenvalue weighted by atomic mass is 32.2. The normalized spacial score (nSPS) is 14.8. The first kappa shape index (κ1) is 16.9. The Hall–Kier alpha value is -0.170. The summed E-state index contributed by atoms with van der Waals surface area (Å²) in [5.41, 5.74) is -0.155. The van der Waals surface area contributed by atoms with Crippen molar-refractivity contribution in [1.29, 1.82) is 0 Å². The fraction of sp³-hybridized carbons (Fsp3) is 0.846. The maximum Gasteiger partial charge on any atom is 0.174 e. The van der Waals surface area contributed by atoms with E-state index in [2.05, 4.69) is 36.3 Å². The molecule has 2 N–H and O–H groups in total. The molecule has 0 radical (unpaired) electrons. The minimum atomic E-state index is -0.155. The average Bonchev–Trinajstić information content (AvgIpc) is 2.74. The third-order valence-electron chi connectivity index (χ3n) is 2.84. The van der Waals surface area contributed by atoms with E-state index < -0.39 is 0 Å². The lowest BCUT2D eigenvalue weighted by molar-refractivity contribution is 0.154. The maximum atomic E-state index is 9.49. The van der Waals surface area contributed by atoms with Gasteiger partial charge in [-0.15, -0.1) is 10.2 Å². The summed E-state index contributed by atoms with van der Waals surface area (Å²) in [6.45, 7) is 8.48. The van der Waals surface area contributed by atoms with Crippen molar-refractivity contribution >= 4 is 23.1 Å². The molecule has 1 aromatic heterocycles. The summed E-state index contributed by atoms with van der Waals surface area (Å²) in [6, 6.07) is 0.399. The van der Waals surface area contributed by atoms with Crippen molar-refractivity contribution in [1.82, 2.24) is 15.5 Å². The second-order valence-corrected chi connectivity index (χ2v) is 7.93. The van der Waals surface area contributed by atoms with Crippen LogP contribution < -0.4 is 5.32 Å². The number of aliphatic hydroxyl groups is 1. The molecule has 0 saturated heterocycles. The summed E-state index contributed by atoms with van der Waals surface area (Å²) in [5, 5.41) is 22.1. The maximum absolute atomic E-state index is 9.49. The number of aryl methyl sites for hydroxylation is 1. The molecule has 4 nitrogen and oxygen atoms in total. The molecular weight excluding hydrogens is 278 g/mol. The zero-order valence-electron chi connectivity index (χ0n) is 12.3. The van der Waals surface area contributed by atoms with Crippen LogP contribution in [0, 0.1) is 6.92 Å². The van der Waals surface area contributed by atoms with Crippen molar-refractivity contribution in [3.8, 4) is 0 Å². The van der Waals surface area contributed by atoms with Crippen LogP contribution in [0.15, 0.2) is 4.34 Å². The van der Waals surface area contributed by atoms with E-state index in [1.54, 1.807) is 23.1 Å². The Morgan fingerprint density at radius 1 is 1.37 bits per heavy atom. The minimum Gasteiger partial charge on any atom is -0.394 e. The Labute approximate surface area is 124 Å². The molecule has 0 fully saturated rings. The number of nitrogens with one attached hydrogen (secondary N) is 1. The van der Waals surface area contributed by atoms with Crippen molar-refractivity contribution in [2.24, 2.45) is 0 Å². The third-order valence-corrected chi connectivity index (χ3v) is 4.90. The predicted octanol–water partition coefficient (Wildman–Crippen LogP) is 2.86. The van der Waals surface area contributed by atoms with Crippen LogP contribution in [0.25, 0.3) is 0 Å². The Bertz CT molecular complexity index is 371. The number of rotatable bonds is 9. The SMILES string of the molecule is Cc1nnc(SCCCCC(C)(CO)NC(C)C)s1. The van der Waals surface area contributed by atoms with Gasteiger partial charge in [0.15, 0.2) is 4.34 Å². The van der Waals surface area contributed by atoms with E-state index in [0.717, 1.165) is 34.4 Å². The van der Waals surface area contributed by atoms with Gasteiger partial charge in [0.05, 0.1) is 6.61 Å². The molecule has 1 heterocycles. The average molecular weight is 303 g/mol. The second-order valence-electron chi connectivity index (χ2n) is 5.41. The Morgan fingerprint density at radius 3 is 2.63 bits per heavy atom. The fourth-order valence-electron chi connectivity index (χ4n) is 2.01. The van der Waals surface area contributed by atoms with Gasteiger partial charge in [0.2, 0.25) is 0 Å². The first-order valence-electron chi connectivity index (χ1n) is 6.76. The van der Waals surface area contributed by atoms with E-state index in [0.29, 0.717) is 6.04 Å². The van der Waals surface area contributed by atoms with Gasteiger partial charge in [-0.2, -0.15) is 0 Å². The van der Waals surface area contributed by atoms with Crippen molar-refractivity contribution < 1.29 is 5.11 Å². The van der Waals surface area contributed by atoms with Crippen LogP contribution in [-0.2, 0) is 0 Å². The van der Waals surface area contributed by atoms with E-state index >= 15 is 0 Å². The molecule has 1 atom stereocenters. The molecule has 0 saturated carbocycles. The number of aliphatic hydroxyl groups excluding tert-OH is 1. The molecule has 1 rings (SSSR count). The molecule has 0 aromatic carbocycles. The van der Waals surface area contributed by atoms with Gasteiger partial charge in [0.1, 0.15) is 5.01 Å². The second kappa shape index (κ2) is 8.19. The Balaban J connectivity index is 2.18. The van der Waals surface area contributed by atoms with Crippen molar-refractivity contribution in [2.75, 3.05) is 12.4 Å². The minimum absolute atomic E-state index is 0.155. The summed E-state index contributed by atoms with van der Waals surface area (Å²) in [4.78, 5) is 0. The van der Waals surface area contributed by atoms with E-state index in [9.17, 15) is 5.11 Å². The van der Waals surface area contributed by atoms with Crippen LogP contribution in [0.5, 0.6) is 0 Å². The van der Waals surface area contributed by atoms with Gasteiger partial charge < -0.3 is 10.4 Å². The number of nitrogens with zero attached hydrogens (tertiary/aromatic N) is 2. The van der Waals surface area contributed by atoms with Gasteiger partial charge in [0, 0.05) is 17.3 Å². The summed E-state index contributed by atoms with van der Waals surface area (Å²) >= 11 is 3.43. The third kappa shape index (κ3) is 6.70. The number of hydrogen-bond donors (Lipinski definition) is 2. The standard InChI is InChI=1S/C13H25N3OS2/c1-10(2)14-13(4,9-17)7-5-6-8-18-12-16-15-11(3)19-12/h10,14,17H,5-9H2,1-4H3. The Morgan fingerprint density at radius 2 is 2.11 bits per heavy atom. The van der Waals surface area contributed by atoms with Crippen molar-refractivity contribution in [3.05, 3.63) is 5.01 Å². The number of unbranched alkanes of at least 4 members (excludes halogenated alkanes) is 1. The first-order chi connectivity index (χ1) is 8.95. The summed E-state index contributed by atoms with van der Waals surface area (Å²) in [6.07, 6.45) is 3.25. The molecule has 0 aliphatic heterocycles. The molecule has 0 amide bonds. The number of aromatic nitrogens is 2. The van der Waals surface area contributed by atoms with Gasteiger partial charge in [-0.05, 0) is 26.7 Å². The van der Waals surface area contributed by atoms with E-state index in [4.69, 9.17) is 0 Å². The molecule has 1 aromatic rings. The smallest absolute Gasteiger partial charge is 0.174 e. The summed E-state index contributed by atoms with van der Waals surface area (Å²) < 4.78 is 1.06. The predicted molar refractivity (Wildman–Crippen MR) is 83.0 cm³/mol. The molecule has 6 heteroatoms. The summed E-state index contributed by atoms with van der Waals surface area (Å²) in [5.74, 6) is 1.07. The van der Waals surface area contributed by atoms with Crippen LogP contribution in [0.2, 0.25) is 0 Å². The van der Waals surface area contributed by atoms with Crippen molar-refractivity contribution in [2.45, 2.75) is 62.9 Å². The zero-order valence-corrected chi connectivity index (χ0v) is 13.9. The van der Waals surface area contributed by atoms with Crippen LogP contribution in [-0.4, -0.2) is 39.2 Å². The van der Waals surface area contributed by atoms with E-state index in [-0.39, 0.29) is 12.1 Å². The number of hydrogen-bond acceptors (Lipinski definition) is 6. The molecule has 0 bridgehead atoms. The first-order valence-corrected chi connectivity index (χ1v) is 8.57. The van der Waals surface area contributed by atoms with Gasteiger partial charge in [-0.3, -0.25) is 0 Å². The molecular formula is C13H25N3OS2.